The number of rotatable bonds is 2. The Morgan fingerprint density at radius 1 is 0.889 bits per heavy atom. The zero-order valence-electron chi connectivity index (χ0n) is 14.7. The van der Waals surface area contributed by atoms with Crippen molar-refractivity contribution < 1.29 is 9.84 Å². The number of methoxy groups -OCH3 is 1. The maximum absolute atomic E-state index is 9.74. The standard InChI is InChI=1S/C24H17ClO2/c1-27-22-13-19-18-11-8-14-4-2-3-5-17(14)24(18)23(20(19)12-21(22)25)15-6-9-16(26)10-7-15/h2-13,23,26H,1H3. The monoisotopic (exact) mass is 372 g/mol. The predicted molar refractivity (Wildman–Crippen MR) is 110 cm³/mol. The van der Waals surface area contributed by atoms with Crippen LogP contribution in [0.5, 0.6) is 11.5 Å². The zero-order chi connectivity index (χ0) is 18.5. The van der Waals surface area contributed by atoms with Crippen LogP contribution in [-0.4, -0.2) is 12.2 Å². The van der Waals surface area contributed by atoms with Gasteiger partial charge in [-0.3, -0.25) is 0 Å². The molecule has 5 rings (SSSR count). The Balaban J connectivity index is 1.87. The van der Waals surface area contributed by atoms with Crippen molar-refractivity contribution in [2.24, 2.45) is 0 Å². The minimum Gasteiger partial charge on any atom is -0.508 e. The molecule has 0 bridgehead atoms. The van der Waals surface area contributed by atoms with E-state index in [4.69, 9.17) is 16.3 Å². The third-order valence-electron chi connectivity index (χ3n) is 5.41. The lowest BCUT2D eigenvalue weighted by atomic mass is 9.86. The van der Waals surface area contributed by atoms with Crippen LogP contribution in [0.1, 0.15) is 22.6 Å². The van der Waals surface area contributed by atoms with E-state index >= 15 is 0 Å². The van der Waals surface area contributed by atoms with E-state index in [1.165, 1.54) is 21.9 Å². The number of hydrogen-bond acceptors (Lipinski definition) is 2. The fourth-order valence-corrected chi connectivity index (χ4v) is 4.46. The Morgan fingerprint density at radius 2 is 1.67 bits per heavy atom. The number of aromatic hydroxyl groups is 1. The number of fused-ring (bicyclic) bond motifs is 5. The molecule has 1 aliphatic carbocycles. The van der Waals surface area contributed by atoms with Gasteiger partial charge in [0.15, 0.2) is 0 Å². The van der Waals surface area contributed by atoms with E-state index in [1.807, 2.05) is 24.3 Å². The van der Waals surface area contributed by atoms with Crippen LogP contribution < -0.4 is 4.74 Å². The molecule has 0 radical (unpaired) electrons. The third kappa shape index (κ3) is 2.41. The largest absolute Gasteiger partial charge is 0.508 e. The second-order valence-corrected chi connectivity index (χ2v) is 7.25. The predicted octanol–water partition coefficient (Wildman–Crippen LogP) is 6.37. The first-order valence-corrected chi connectivity index (χ1v) is 9.23. The Morgan fingerprint density at radius 3 is 2.44 bits per heavy atom. The van der Waals surface area contributed by atoms with Crippen molar-refractivity contribution in [2.75, 3.05) is 7.11 Å². The first kappa shape index (κ1) is 16.2. The number of phenolic OH excluding ortho intramolecular Hbond substituents is 1. The Labute approximate surface area is 162 Å². The molecule has 4 aromatic carbocycles. The molecule has 0 aliphatic heterocycles. The summed E-state index contributed by atoms with van der Waals surface area (Å²) in [5, 5.41) is 12.8. The summed E-state index contributed by atoms with van der Waals surface area (Å²) >= 11 is 6.48. The first-order chi connectivity index (χ1) is 13.2. The molecule has 1 N–H and O–H groups in total. The summed E-state index contributed by atoms with van der Waals surface area (Å²) < 4.78 is 5.46. The summed E-state index contributed by atoms with van der Waals surface area (Å²) in [5.41, 5.74) is 5.92. The van der Waals surface area contributed by atoms with Crippen LogP contribution in [0.2, 0.25) is 5.02 Å². The van der Waals surface area contributed by atoms with E-state index < -0.39 is 0 Å². The fraction of sp³-hybridized carbons (Fsp3) is 0.0833. The van der Waals surface area contributed by atoms with Gasteiger partial charge in [-0.15, -0.1) is 0 Å². The molecule has 1 aliphatic rings. The molecule has 1 unspecified atom stereocenters. The highest BCUT2D eigenvalue weighted by atomic mass is 35.5. The molecule has 0 spiro atoms. The SMILES string of the molecule is COc1cc2c(cc1Cl)C(c1ccc(O)cc1)c1c-2ccc2ccccc12. The van der Waals surface area contributed by atoms with E-state index in [0.29, 0.717) is 10.8 Å². The molecule has 0 fully saturated rings. The molecule has 0 saturated heterocycles. The van der Waals surface area contributed by atoms with Crippen LogP contribution in [0.3, 0.4) is 0 Å². The summed E-state index contributed by atoms with van der Waals surface area (Å²) in [6, 6.07) is 24.3. The van der Waals surface area contributed by atoms with Crippen LogP contribution in [-0.2, 0) is 0 Å². The normalized spacial score (nSPS) is 14.8. The van der Waals surface area contributed by atoms with E-state index in [2.05, 4.69) is 36.4 Å². The maximum Gasteiger partial charge on any atom is 0.138 e. The molecule has 0 heterocycles. The second-order valence-electron chi connectivity index (χ2n) is 6.85. The molecule has 0 amide bonds. The first-order valence-electron chi connectivity index (χ1n) is 8.86. The molecular weight excluding hydrogens is 356 g/mol. The fourth-order valence-electron chi connectivity index (χ4n) is 4.21. The van der Waals surface area contributed by atoms with Crippen molar-refractivity contribution in [3.8, 4) is 22.6 Å². The van der Waals surface area contributed by atoms with Gasteiger partial charge in [0.05, 0.1) is 12.1 Å². The van der Waals surface area contributed by atoms with Gasteiger partial charge in [0.25, 0.3) is 0 Å². The minimum atomic E-state index is 0.0603. The average Bonchev–Trinajstić information content (AvgIpc) is 3.01. The van der Waals surface area contributed by atoms with Crippen molar-refractivity contribution in [2.45, 2.75) is 5.92 Å². The van der Waals surface area contributed by atoms with Crippen LogP contribution in [0, 0.1) is 0 Å². The van der Waals surface area contributed by atoms with Gasteiger partial charge in [-0.25, -0.2) is 0 Å². The molecule has 1 atom stereocenters. The smallest absolute Gasteiger partial charge is 0.138 e. The molecular formula is C24H17ClO2. The average molecular weight is 373 g/mol. The number of halogens is 1. The Bertz CT molecular complexity index is 1180. The van der Waals surface area contributed by atoms with Crippen molar-refractivity contribution in [3.05, 3.63) is 94.5 Å². The number of benzene rings is 4. The molecule has 4 aromatic rings. The summed E-state index contributed by atoms with van der Waals surface area (Å²) in [6.07, 6.45) is 0. The molecule has 2 nitrogen and oxygen atoms in total. The highest BCUT2D eigenvalue weighted by molar-refractivity contribution is 6.32. The zero-order valence-corrected chi connectivity index (χ0v) is 15.5. The van der Waals surface area contributed by atoms with Gasteiger partial charge in [-0.2, -0.15) is 0 Å². The molecule has 27 heavy (non-hydrogen) atoms. The van der Waals surface area contributed by atoms with Gasteiger partial charge in [-0.1, -0.05) is 60.1 Å². The lowest BCUT2D eigenvalue weighted by Gasteiger charge is -2.17. The maximum atomic E-state index is 9.74. The second kappa shape index (κ2) is 6.04. The van der Waals surface area contributed by atoms with Gasteiger partial charge in [0.2, 0.25) is 0 Å². The summed E-state index contributed by atoms with van der Waals surface area (Å²) in [7, 11) is 1.64. The highest BCUT2D eigenvalue weighted by Gasteiger charge is 2.32. The molecule has 132 valence electrons. The quantitative estimate of drug-likeness (QED) is 0.390. The van der Waals surface area contributed by atoms with Crippen LogP contribution in [0.15, 0.2) is 72.8 Å². The van der Waals surface area contributed by atoms with Crippen LogP contribution >= 0.6 is 11.6 Å². The van der Waals surface area contributed by atoms with Gasteiger partial charge < -0.3 is 9.84 Å². The minimum absolute atomic E-state index is 0.0603. The summed E-state index contributed by atoms with van der Waals surface area (Å²) in [5.74, 6) is 1.01. The van der Waals surface area contributed by atoms with E-state index in [0.717, 1.165) is 16.7 Å². The van der Waals surface area contributed by atoms with Crippen molar-refractivity contribution >= 4 is 22.4 Å². The summed E-state index contributed by atoms with van der Waals surface area (Å²) in [6.45, 7) is 0. The molecule has 0 saturated carbocycles. The third-order valence-corrected chi connectivity index (χ3v) is 5.71. The Hall–Kier alpha value is -2.97. The molecule has 3 heteroatoms. The van der Waals surface area contributed by atoms with Crippen LogP contribution in [0.25, 0.3) is 21.9 Å². The van der Waals surface area contributed by atoms with E-state index in [-0.39, 0.29) is 11.7 Å². The summed E-state index contributed by atoms with van der Waals surface area (Å²) in [4.78, 5) is 0. The van der Waals surface area contributed by atoms with Gasteiger partial charge in [0.1, 0.15) is 11.5 Å². The molecule has 0 aromatic heterocycles. The number of ether oxygens (including phenoxy) is 1. The van der Waals surface area contributed by atoms with Gasteiger partial charge in [-0.05, 0) is 62.9 Å². The van der Waals surface area contributed by atoms with Crippen molar-refractivity contribution in [1.29, 1.82) is 0 Å². The number of phenols is 1. The highest BCUT2D eigenvalue weighted by Crippen LogP contribution is 2.52. The van der Waals surface area contributed by atoms with Gasteiger partial charge >= 0.3 is 0 Å². The Kier molecular flexibility index (Phi) is 3.63. The number of hydrogen-bond donors (Lipinski definition) is 1. The lowest BCUT2D eigenvalue weighted by molar-refractivity contribution is 0.415. The van der Waals surface area contributed by atoms with Crippen LogP contribution in [0.4, 0.5) is 0 Å². The topological polar surface area (TPSA) is 29.5 Å². The lowest BCUT2D eigenvalue weighted by Crippen LogP contribution is -2.00. The van der Waals surface area contributed by atoms with Gasteiger partial charge in [0, 0.05) is 5.92 Å². The van der Waals surface area contributed by atoms with Crippen molar-refractivity contribution in [3.63, 3.8) is 0 Å². The van der Waals surface area contributed by atoms with E-state index in [9.17, 15) is 5.11 Å². The van der Waals surface area contributed by atoms with E-state index in [1.54, 1.807) is 19.2 Å². The van der Waals surface area contributed by atoms with Crippen molar-refractivity contribution in [1.82, 2.24) is 0 Å².